The van der Waals surface area contributed by atoms with Crippen molar-refractivity contribution < 1.29 is 9.53 Å². The first-order valence-corrected chi connectivity index (χ1v) is 10.4. The number of nitrogen functional groups attached to an aromatic ring is 1. The Morgan fingerprint density at radius 1 is 1.10 bits per heavy atom. The molecule has 1 atom stereocenters. The van der Waals surface area contributed by atoms with Gasteiger partial charge in [0, 0.05) is 17.8 Å². The topological polar surface area (TPSA) is 109 Å². The quantitative estimate of drug-likeness (QED) is 0.494. The molecule has 2 heterocycles. The number of aromatic nitrogens is 3. The molecule has 30 heavy (non-hydrogen) atoms. The summed E-state index contributed by atoms with van der Waals surface area (Å²) in [6, 6.07) is 13.1. The maximum atomic E-state index is 12.2. The molecular formula is C23H29N5O2. The Hall–Kier alpha value is -3.35. The first kappa shape index (κ1) is 21.4. The Morgan fingerprint density at radius 3 is 2.47 bits per heavy atom. The van der Waals surface area contributed by atoms with Gasteiger partial charge in [0.15, 0.2) is 0 Å². The summed E-state index contributed by atoms with van der Waals surface area (Å²) < 4.78 is 7.50. The van der Waals surface area contributed by atoms with Gasteiger partial charge in [-0.15, -0.1) is 0 Å². The van der Waals surface area contributed by atoms with E-state index in [1.54, 1.807) is 16.9 Å². The molecule has 0 bridgehead atoms. The SMILES string of the molecule is CCCCC(CCC)n1nc(-c2ccc(Oc3ccccc3)nc2)c(C(N)=O)c1N. The minimum atomic E-state index is -0.593. The van der Waals surface area contributed by atoms with Crippen LogP contribution in [0.1, 0.15) is 62.4 Å². The summed E-state index contributed by atoms with van der Waals surface area (Å²) in [5.74, 6) is 0.869. The number of benzene rings is 1. The number of pyridine rings is 1. The van der Waals surface area contributed by atoms with Crippen LogP contribution < -0.4 is 16.2 Å². The third-order valence-electron chi connectivity index (χ3n) is 5.03. The first-order chi connectivity index (χ1) is 14.5. The molecule has 7 nitrogen and oxygen atoms in total. The van der Waals surface area contributed by atoms with Crippen LogP contribution in [0.4, 0.5) is 5.82 Å². The monoisotopic (exact) mass is 407 g/mol. The van der Waals surface area contributed by atoms with Gasteiger partial charge in [-0.25, -0.2) is 9.67 Å². The molecule has 0 radical (unpaired) electrons. The van der Waals surface area contributed by atoms with Crippen LogP contribution >= 0.6 is 0 Å². The second kappa shape index (κ2) is 9.91. The van der Waals surface area contributed by atoms with Crippen molar-refractivity contribution in [3.63, 3.8) is 0 Å². The number of unbranched alkanes of at least 4 members (excludes halogenated alkanes) is 1. The van der Waals surface area contributed by atoms with Crippen molar-refractivity contribution in [2.45, 2.75) is 52.0 Å². The normalized spacial score (nSPS) is 11.9. The molecule has 3 aromatic rings. The number of rotatable bonds is 10. The number of ether oxygens (including phenoxy) is 1. The fraction of sp³-hybridized carbons (Fsp3) is 0.348. The summed E-state index contributed by atoms with van der Waals surface area (Å²) in [6.07, 6.45) is 6.67. The lowest BCUT2D eigenvalue weighted by Gasteiger charge is -2.18. The van der Waals surface area contributed by atoms with Gasteiger partial charge < -0.3 is 16.2 Å². The summed E-state index contributed by atoms with van der Waals surface area (Å²) in [4.78, 5) is 16.5. The number of nitrogens with zero attached hydrogens (tertiary/aromatic N) is 3. The number of anilines is 1. The third-order valence-corrected chi connectivity index (χ3v) is 5.03. The van der Waals surface area contributed by atoms with E-state index in [4.69, 9.17) is 21.3 Å². The Balaban J connectivity index is 1.93. The van der Waals surface area contributed by atoms with E-state index in [-0.39, 0.29) is 11.6 Å². The molecule has 0 aliphatic heterocycles. The molecule has 0 saturated carbocycles. The molecule has 1 amide bonds. The van der Waals surface area contributed by atoms with E-state index in [1.165, 1.54) is 0 Å². The zero-order valence-corrected chi connectivity index (χ0v) is 17.5. The van der Waals surface area contributed by atoms with Gasteiger partial charge in [-0.3, -0.25) is 4.79 Å². The number of para-hydroxylation sites is 1. The van der Waals surface area contributed by atoms with Crippen molar-refractivity contribution in [1.29, 1.82) is 0 Å². The standard InChI is InChI=1S/C23H29N5O2/c1-3-5-10-17(9-4-2)28-22(24)20(23(25)29)21(27-28)16-13-14-19(26-15-16)30-18-11-7-6-8-12-18/h6-8,11-15,17H,3-5,9-10,24H2,1-2H3,(H2,25,29). The second-order valence-electron chi connectivity index (χ2n) is 7.30. The van der Waals surface area contributed by atoms with Gasteiger partial charge >= 0.3 is 0 Å². The summed E-state index contributed by atoms with van der Waals surface area (Å²) in [7, 11) is 0. The lowest BCUT2D eigenvalue weighted by molar-refractivity contribution is 0.100. The molecule has 0 fully saturated rings. The predicted molar refractivity (Wildman–Crippen MR) is 118 cm³/mol. The highest BCUT2D eigenvalue weighted by Gasteiger charge is 2.25. The van der Waals surface area contributed by atoms with Gasteiger partial charge in [0.1, 0.15) is 22.8 Å². The third kappa shape index (κ3) is 4.79. The van der Waals surface area contributed by atoms with Crippen molar-refractivity contribution in [3.8, 4) is 22.9 Å². The van der Waals surface area contributed by atoms with Crippen LogP contribution in [-0.4, -0.2) is 20.7 Å². The van der Waals surface area contributed by atoms with Crippen molar-refractivity contribution in [2.75, 3.05) is 5.73 Å². The Bertz CT molecular complexity index is 967. The van der Waals surface area contributed by atoms with Gasteiger partial charge in [0.05, 0.1) is 6.04 Å². The van der Waals surface area contributed by atoms with Crippen LogP contribution in [0.2, 0.25) is 0 Å². The van der Waals surface area contributed by atoms with E-state index in [0.717, 1.165) is 32.1 Å². The predicted octanol–water partition coefficient (Wildman–Crippen LogP) is 4.95. The summed E-state index contributed by atoms with van der Waals surface area (Å²) >= 11 is 0. The smallest absolute Gasteiger partial charge is 0.254 e. The van der Waals surface area contributed by atoms with Crippen LogP contribution in [0.5, 0.6) is 11.6 Å². The molecule has 1 unspecified atom stereocenters. The molecule has 0 saturated heterocycles. The average molecular weight is 408 g/mol. The maximum Gasteiger partial charge on any atom is 0.254 e. The van der Waals surface area contributed by atoms with E-state index in [1.807, 2.05) is 36.4 Å². The van der Waals surface area contributed by atoms with Crippen LogP contribution in [-0.2, 0) is 0 Å². The highest BCUT2D eigenvalue weighted by atomic mass is 16.5. The average Bonchev–Trinajstić information content (AvgIpc) is 3.09. The zero-order chi connectivity index (χ0) is 21.5. The van der Waals surface area contributed by atoms with E-state index in [0.29, 0.717) is 28.7 Å². The van der Waals surface area contributed by atoms with Crippen molar-refractivity contribution in [3.05, 3.63) is 54.2 Å². The minimum absolute atomic E-state index is 0.135. The first-order valence-electron chi connectivity index (χ1n) is 10.4. The molecule has 4 N–H and O–H groups in total. The fourth-order valence-corrected chi connectivity index (χ4v) is 3.52. The van der Waals surface area contributed by atoms with Crippen LogP contribution in [0.15, 0.2) is 48.7 Å². The maximum absolute atomic E-state index is 12.2. The van der Waals surface area contributed by atoms with E-state index in [9.17, 15) is 4.79 Å². The van der Waals surface area contributed by atoms with Gasteiger partial charge in [0.25, 0.3) is 5.91 Å². The number of carbonyl (C=O) groups excluding carboxylic acids is 1. The van der Waals surface area contributed by atoms with Gasteiger partial charge in [0.2, 0.25) is 5.88 Å². The number of primary amides is 1. The second-order valence-corrected chi connectivity index (χ2v) is 7.30. The highest BCUT2D eigenvalue weighted by molar-refractivity contribution is 6.03. The van der Waals surface area contributed by atoms with Crippen molar-refractivity contribution >= 4 is 11.7 Å². The number of amides is 1. The van der Waals surface area contributed by atoms with Crippen LogP contribution in [0, 0.1) is 0 Å². The zero-order valence-electron chi connectivity index (χ0n) is 17.5. The van der Waals surface area contributed by atoms with E-state index >= 15 is 0 Å². The number of hydrogen-bond acceptors (Lipinski definition) is 5. The van der Waals surface area contributed by atoms with Gasteiger partial charge in [-0.2, -0.15) is 5.10 Å². The van der Waals surface area contributed by atoms with Crippen molar-refractivity contribution in [2.24, 2.45) is 5.73 Å². The highest BCUT2D eigenvalue weighted by Crippen LogP contribution is 2.32. The number of carbonyl (C=O) groups is 1. The number of hydrogen-bond donors (Lipinski definition) is 2. The molecule has 0 spiro atoms. The lowest BCUT2D eigenvalue weighted by Crippen LogP contribution is -2.17. The largest absolute Gasteiger partial charge is 0.439 e. The molecular weight excluding hydrogens is 378 g/mol. The fourth-order valence-electron chi connectivity index (χ4n) is 3.52. The molecule has 1 aromatic carbocycles. The van der Waals surface area contributed by atoms with Gasteiger partial charge in [-0.1, -0.05) is 51.3 Å². The van der Waals surface area contributed by atoms with Crippen LogP contribution in [0.3, 0.4) is 0 Å². The molecule has 0 aliphatic carbocycles. The molecule has 158 valence electrons. The number of nitrogens with two attached hydrogens (primary N) is 2. The molecule has 2 aromatic heterocycles. The van der Waals surface area contributed by atoms with E-state index < -0.39 is 5.91 Å². The molecule has 7 heteroatoms. The molecule has 0 aliphatic rings. The van der Waals surface area contributed by atoms with Crippen molar-refractivity contribution in [1.82, 2.24) is 14.8 Å². The van der Waals surface area contributed by atoms with E-state index in [2.05, 4.69) is 18.8 Å². The van der Waals surface area contributed by atoms with Crippen LogP contribution in [0.25, 0.3) is 11.3 Å². The lowest BCUT2D eigenvalue weighted by atomic mass is 10.1. The summed E-state index contributed by atoms with van der Waals surface area (Å²) in [6.45, 7) is 4.28. The molecule has 3 rings (SSSR count). The summed E-state index contributed by atoms with van der Waals surface area (Å²) in [5.41, 5.74) is 13.4. The Labute approximate surface area is 177 Å². The Kier molecular flexibility index (Phi) is 7.06. The Morgan fingerprint density at radius 2 is 1.87 bits per heavy atom. The summed E-state index contributed by atoms with van der Waals surface area (Å²) in [5, 5.41) is 4.70. The minimum Gasteiger partial charge on any atom is -0.439 e. The van der Waals surface area contributed by atoms with Gasteiger partial charge in [-0.05, 0) is 31.0 Å².